The van der Waals surface area contributed by atoms with Gasteiger partial charge in [0.15, 0.2) is 0 Å². The monoisotopic (exact) mass is 498 g/mol. The minimum absolute atomic E-state index is 0.121. The van der Waals surface area contributed by atoms with Gasteiger partial charge in [-0.2, -0.15) is 10.3 Å². The van der Waals surface area contributed by atoms with Gasteiger partial charge in [-0.15, -0.1) is 5.10 Å². The lowest BCUT2D eigenvalue weighted by Crippen LogP contribution is -2.27. The maximum Gasteiger partial charge on any atom is 0.268 e. The van der Waals surface area contributed by atoms with E-state index in [0.29, 0.717) is 27.6 Å². The Hall–Kier alpha value is -4.42. The lowest BCUT2D eigenvalue weighted by molar-refractivity contribution is -0.137. The molecule has 0 aliphatic carbocycles. The van der Waals surface area contributed by atoms with Crippen molar-refractivity contribution in [1.29, 1.82) is 5.26 Å². The van der Waals surface area contributed by atoms with Crippen LogP contribution in [0.25, 0.3) is 10.9 Å². The van der Waals surface area contributed by atoms with E-state index in [9.17, 15) is 18.5 Å². The first-order chi connectivity index (χ1) is 17.3. The molecule has 1 aliphatic rings. The standard InChI is InChI=1S/C27H22N4O4S/c1-3-25(32)31-27(35-26(29-31)20-7-5-4-6-8-20)23-17-30(24-14-11-19(16-28)15-22(23)24)36(33,34)21-12-9-18(2)10-13-21/h4-15,17,27H,3H2,1-2H3. The van der Waals surface area contributed by atoms with E-state index in [1.54, 1.807) is 49.4 Å². The zero-order valence-electron chi connectivity index (χ0n) is 19.6. The van der Waals surface area contributed by atoms with Crippen molar-refractivity contribution >= 4 is 32.7 Å². The van der Waals surface area contributed by atoms with Crippen LogP contribution in [0.5, 0.6) is 0 Å². The number of hydrazone groups is 1. The molecular formula is C27H22N4O4S. The van der Waals surface area contributed by atoms with Gasteiger partial charge in [-0.05, 0) is 49.4 Å². The van der Waals surface area contributed by atoms with Gasteiger partial charge in [0.1, 0.15) is 0 Å². The zero-order valence-corrected chi connectivity index (χ0v) is 20.4. The van der Waals surface area contributed by atoms with Crippen LogP contribution in [0.3, 0.4) is 0 Å². The van der Waals surface area contributed by atoms with Crippen molar-refractivity contribution in [3.05, 3.63) is 101 Å². The molecular weight excluding hydrogens is 476 g/mol. The molecule has 36 heavy (non-hydrogen) atoms. The fourth-order valence-electron chi connectivity index (χ4n) is 4.09. The highest BCUT2D eigenvalue weighted by molar-refractivity contribution is 7.90. The van der Waals surface area contributed by atoms with E-state index in [-0.39, 0.29) is 23.1 Å². The number of nitrogens with zero attached hydrogens (tertiary/aromatic N) is 4. The Kier molecular flexibility index (Phi) is 5.82. The second-order valence-corrected chi connectivity index (χ2v) is 10.2. The summed E-state index contributed by atoms with van der Waals surface area (Å²) in [6.07, 6.45) is 0.624. The van der Waals surface area contributed by atoms with E-state index in [2.05, 4.69) is 11.2 Å². The third-order valence-electron chi connectivity index (χ3n) is 6.00. The van der Waals surface area contributed by atoms with E-state index in [1.165, 1.54) is 15.2 Å². The fraction of sp³-hybridized carbons (Fsp3) is 0.148. The summed E-state index contributed by atoms with van der Waals surface area (Å²) in [4.78, 5) is 13.0. The molecule has 2 heterocycles. The number of carbonyl (C=O) groups is 1. The predicted molar refractivity (Wildman–Crippen MR) is 134 cm³/mol. The van der Waals surface area contributed by atoms with Crippen molar-refractivity contribution in [2.24, 2.45) is 5.10 Å². The lowest BCUT2D eigenvalue weighted by atomic mass is 10.1. The first-order valence-corrected chi connectivity index (χ1v) is 12.8. The Morgan fingerprint density at radius 3 is 2.47 bits per heavy atom. The summed E-state index contributed by atoms with van der Waals surface area (Å²) in [7, 11) is -3.98. The molecule has 8 nitrogen and oxygen atoms in total. The average Bonchev–Trinajstić information content (AvgIpc) is 3.51. The van der Waals surface area contributed by atoms with Crippen molar-refractivity contribution < 1.29 is 17.9 Å². The average molecular weight is 499 g/mol. The number of carbonyl (C=O) groups excluding carboxylic acids is 1. The van der Waals surface area contributed by atoms with E-state index in [1.807, 2.05) is 37.3 Å². The van der Waals surface area contributed by atoms with Crippen LogP contribution >= 0.6 is 0 Å². The van der Waals surface area contributed by atoms with Crippen molar-refractivity contribution in [1.82, 2.24) is 8.98 Å². The smallest absolute Gasteiger partial charge is 0.268 e. The van der Waals surface area contributed by atoms with Gasteiger partial charge in [0.25, 0.3) is 10.0 Å². The highest BCUT2D eigenvalue weighted by atomic mass is 32.2. The Labute approximate surface area is 208 Å². The van der Waals surface area contributed by atoms with Gasteiger partial charge in [-0.1, -0.05) is 42.8 Å². The molecule has 1 atom stereocenters. The van der Waals surface area contributed by atoms with Gasteiger partial charge >= 0.3 is 0 Å². The number of fused-ring (bicyclic) bond motifs is 1. The molecule has 0 bridgehead atoms. The quantitative estimate of drug-likeness (QED) is 0.397. The Morgan fingerprint density at radius 1 is 1.08 bits per heavy atom. The maximum atomic E-state index is 13.6. The number of benzene rings is 3. The first kappa shape index (κ1) is 23.3. The second-order valence-electron chi connectivity index (χ2n) is 8.38. The summed E-state index contributed by atoms with van der Waals surface area (Å²) < 4.78 is 34.6. The molecule has 3 aromatic carbocycles. The van der Waals surface area contributed by atoms with E-state index >= 15 is 0 Å². The molecule has 1 unspecified atom stereocenters. The SMILES string of the molecule is CCC(=O)N1N=C(c2ccccc2)OC1c1cn(S(=O)(=O)c2ccc(C)cc2)c2ccc(C#N)cc12. The van der Waals surface area contributed by atoms with Crippen LogP contribution in [-0.4, -0.2) is 29.2 Å². The third kappa shape index (κ3) is 3.91. The highest BCUT2D eigenvalue weighted by Gasteiger charge is 2.37. The van der Waals surface area contributed by atoms with Crippen LogP contribution in [0.15, 0.2) is 89.0 Å². The normalized spacial score (nSPS) is 15.4. The number of nitriles is 1. The number of amides is 1. The topological polar surface area (TPSA) is 105 Å². The molecule has 0 saturated carbocycles. The van der Waals surface area contributed by atoms with Crippen LogP contribution in [-0.2, 0) is 19.6 Å². The molecule has 180 valence electrons. The van der Waals surface area contributed by atoms with E-state index in [0.717, 1.165) is 5.56 Å². The fourth-order valence-corrected chi connectivity index (χ4v) is 5.47. The number of hydrogen-bond acceptors (Lipinski definition) is 6. The Morgan fingerprint density at radius 2 is 1.81 bits per heavy atom. The third-order valence-corrected chi connectivity index (χ3v) is 7.68. The van der Waals surface area contributed by atoms with Crippen LogP contribution in [0.2, 0.25) is 0 Å². The number of hydrogen-bond donors (Lipinski definition) is 0. The Balaban J connectivity index is 1.69. The minimum atomic E-state index is -3.98. The molecule has 1 aliphatic heterocycles. The van der Waals surface area contributed by atoms with Gasteiger partial charge in [0.2, 0.25) is 18.0 Å². The molecule has 0 fully saturated rings. The van der Waals surface area contributed by atoms with Crippen molar-refractivity contribution in [3.8, 4) is 6.07 Å². The van der Waals surface area contributed by atoms with E-state index in [4.69, 9.17) is 4.74 Å². The molecule has 5 rings (SSSR count). The van der Waals surface area contributed by atoms with Crippen molar-refractivity contribution in [2.75, 3.05) is 0 Å². The van der Waals surface area contributed by atoms with Crippen LogP contribution in [0.1, 0.15) is 41.8 Å². The summed E-state index contributed by atoms with van der Waals surface area (Å²) in [5.41, 5.74) is 2.75. The largest absolute Gasteiger partial charge is 0.446 e. The second kappa shape index (κ2) is 8.98. The molecule has 0 spiro atoms. The summed E-state index contributed by atoms with van der Waals surface area (Å²) in [6.45, 7) is 3.60. The van der Waals surface area contributed by atoms with Gasteiger partial charge in [0.05, 0.1) is 22.0 Å². The summed E-state index contributed by atoms with van der Waals surface area (Å²) in [6, 6.07) is 22.6. The molecule has 1 amide bonds. The number of rotatable bonds is 5. The number of aromatic nitrogens is 1. The lowest BCUT2D eigenvalue weighted by Gasteiger charge is -2.19. The van der Waals surface area contributed by atoms with Gasteiger partial charge in [0, 0.05) is 29.1 Å². The van der Waals surface area contributed by atoms with Gasteiger partial charge in [-0.25, -0.2) is 12.4 Å². The first-order valence-electron chi connectivity index (χ1n) is 11.3. The minimum Gasteiger partial charge on any atom is -0.446 e. The van der Waals surface area contributed by atoms with Gasteiger partial charge < -0.3 is 4.74 Å². The van der Waals surface area contributed by atoms with Crippen molar-refractivity contribution in [3.63, 3.8) is 0 Å². The Bertz CT molecular complexity index is 1650. The number of ether oxygens (including phenoxy) is 1. The molecule has 4 aromatic rings. The van der Waals surface area contributed by atoms with Gasteiger partial charge in [-0.3, -0.25) is 4.79 Å². The molecule has 1 aromatic heterocycles. The van der Waals surface area contributed by atoms with Crippen LogP contribution in [0, 0.1) is 18.3 Å². The van der Waals surface area contributed by atoms with Crippen LogP contribution in [0.4, 0.5) is 0 Å². The zero-order chi connectivity index (χ0) is 25.4. The maximum absolute atomic E-state index is 13.6. The summed E-state index contributed by atoms with van der Waals surface area (Å²) in [5.74, 6) is -0.0363. The number of aryl methyl sites for hydroxylation is 1. The summed E-state index contributed by atoms with van der Waals surface area (Å²) >= 11 is 0. The van der Waals surface area contributed by atoms with Crippen LogP contribution < -0.4 is 0 Å². The van der Waals surface area contributed by atoms with E-state index < -0.39 is 16.3 Å². The molecule has 0 N–H and O–H groups in total. The highest BCUT2D eigenvalue weighted by Crippen LogP contribution is 2.37. The van der Waals surface area contributed by atoms with Crippen molar-refractivity contribution in [2.45, 2.75) is 31.4 Å². The summed E-state index contributed by atoms with van der Waals surface area (Å²) in [5, 5.41) is 15.6. The predicted octanol–water partition coefficient (Wildman–Crippen LogP) is 4.69. The molecule has 0 radical (unpaired) electrons. The molecule has 0 saturated heterocycles. The molecule has 9 heteroatoms.